The van der Waals surface area contributed by atoms with Gasteiger partial charge in [-0.1, -0.05) is 13.3 Å². The average Bonchev–Trinajstić information content (AvgIpc) is 2.55. The second-order valence-electron chi connectivity index (χ2n) is 7.75. The molecule has 3 atom stereocenters. The molecule has 0 aromatic carbocycles. The van der Waals surface area contributed by atoms with Crippen LogP contribution in [0.4, 0.5) is 0 Å². The fourth-order valence-electron chi connectivity index (χ4n) is 4.95. The maximum Gasteiger partial charge on any atom is 0.225 e. The van der Waals surface area contributed by atoms with Crippen molar-refractivity contribution in [2.24, 2.45) is 23.5 Å². The van der Waals surface area contributed by atoms with Crippen molar-refractivity contribution in [2.45, 2.75) is 70.4 Å². The largest absolute Gasteiger partial charge is 0.353 e. The number of nitrogens with one attached hydrogen (secondary N) is 1. The molecule has 0 spiro atoms. The molecule has 1 aliphatic heterocycles. The van der Waals surface area contributed by atoms with Crippen LogP contribution in [0, 0.1) is 17.8 Å². The normalized spacial score (nSPS) is 37.3. The molecule has 1 heterocycles. The summed E-state index contributed by atoms with van der Waals surface area (Å²) >= 11 is 0. The number of hydrogen-bond donors (Lipinski definition) is 2. The lowest BCUT2D eigenvalue weighted by molar-refractivity contribution is -0.136. The average molecular weight is 321 g/mol. The Morgan fingerprint density at radius 3 is 2.48 bits per heavy atom. The van der Waals surface area contributed by atoms with Gasteiger partial charge in [-0.2, -0.15) is 0 Å². The van der Waals surface area contributed by atoms with E-state index in [0.717, 1.165) is 32.2 Å². The summed E-state index contributed by atoms with van der Waals surface area (Å²) in [6.45, 7) is 3.29. The van der Waals surface area contributed by atoms with E-state index >= 15 is 0 Å². The lowest BCUT2D eigenvalue weighted by Crippen LogP contribution is -2.56. The number of carbonyl (C=O) groups excluding carboxylic acids is 2. The summed E-state index contributed by atoms with van der Waals surface area (Å²) in [5, 5.41) is 3.36. The molecular formula is C18H31N3O2. The number of fused-ring (bicyclic) bond motifs is 2. The highest BCUT2D eigenvalue weighted by molar-refractivity contribution is 5.81. The minimum atomic E-state index is -0.0319. The highest BCUT2D eigenvalue weighted by Gasteiger charge is 2.41. The minimum Gasteiger partial charge on any atom is -0.353 e. The quantitative estimate of drug-likeness (QED) is 0.830. The van der Waals surface area contributed by atoms with Gasteiger partial charge in [0.05, 0.1) is 5.92 Å². The van der Waals surface area contributed by atoms with Gasteiger partial charge in [-0.25, -0.2) is 0 Å². The summed E-state index contributed by atoms with van der Waals surface area (Å²) in [4.78, 5) is 26.5. The fourth-order valence-corrected chi connectivity index (χ4v) is 4.95. The Labute approximate surface area is 139 Å². The molecule has 0 aromatic heterocycles. The molecule has 23 heavy (non-hydrogen) atoms. The van der Waals surface area contributed by atoms with Gasteiger partial charge in [0, 0.05) is 31.6 Å². The molecule has 3 rings (SSSR count). The van der Waals surface area contributed by atoms with Crippen molar-refractivity contribution in [2.75, 3.05) is 13.1 Å². The summed E-state index contributed by atoms with van der Waals surface area (Å²) in [5.41, 5.74) is 6.17. The van der Waals surface area contributed by atoms with Crippen LogP contribution in [0.15, 0.2) is 0 Å². The fraction of sp³-hybridized carbons (Fsp3) is 0.889. The molecule has 3 unspecified atom stereocenters. The lowest BCUT2D eigenvalue weighted by Gasteiger charge is -2.46. The Morgan fingerprint density at radius 1 is 1.13 bits per heavy atom. The van der Waals surface area contributed by atoms with Gasteiger partial charge >= 0.3 is 0 Å². The van der Waals surface area contributed by atoms with Crippen LogP contribution in [0.25, 0.3) is 0 Å². The van der Waals surface area contributed by atoms with Gasteiger partial charge in [0.25, 0.3) is 0 Å². The lowest BCUT2D eigenvalue weighted by atomic mass is 9.67. The number of likely N-dealkylation sites (tertiary alicyclic amines) is 1. The first-order valence-corrected chi connectivity index (χ1v) is 9.42. The monoisotopic (exact) mass is 321 g/mol. The van der Waals surface area contributed by atoms with Gasteiger partial charge in [-0.05, 0) is 50.4 Å². The van der Waals surface area contributed by atoms with Crippen molar-refractivity contribution in [1.29, 1.82) is 0 Å². The van der Waals surface area contributed by atoms with Crippen LogP contribution in [-0.4, -0.2) is 41.9 Å². The van der Waals surface area contributed by atoms with Crippen molar-refractivity contribution in [1.82, 2.24) is 10.2 Å². The van der Waals surface area contributed by atoms with Gasteiger partial charge in [-0.3, -0.25) is 9.59 Å². The summed E-state index contributed by atoms with van der Waals surface area (Å²) in [6, 6.07) is 0.624. The molecule has 5 nitrogen and oxygen atoms in total. The van der Waals surface area contributed by atoms with Gasteiger partial charge in [0.2, 0.25) is 11.8 Å². The molecular weight excluding hydrogens is 290 g/mol. The molecule has 3 aliphatic rings. The molecule has 5 heteroatoms. The van der Waals surface area contributed by atoms with Crippen LogP contribution in [0.2, 0.25) is 0 Å². The maximum absolute atomic E-state index is 12.8. The zero-order valence-corrected chi connectivity index (χ0v) is 14.3. The third kappa shape index (κ3) is 3.70. The molecule has 3 N–H and O–H groups in total. The van der Waals surface area contributed by atoms with Crippen molar-refractivity contribution in [3.63, 3.8) is 0 Å². The molecule has 2 aliphatic carbocycles. The first-order valence-electron chi connectivity index (χ1n) is 9.42. The van der Waals surface area contributed by atoms with E-state index in [4.69, 9.17) is 5.73 Å². The van der Waals surface area contributed by atoms with E-state index in [2.05, 4.69) is 5.32 Å². The van der Waals surface area contributed by atoms with Gasteiger partial charge < -0.3 is 16.0 Å². The van der Waals surface area contributed by atoms with Crippen LogP contribution < -0.4 is 11.1 Å². The Morgan fingerprint density at radius 2 is 1.83 bits per heavy atom. The smallest absolute Gasteiger partial charge is 0.225 e. The van der Waals surface area contributed by atoms with Crippen molar-refractivity contribution >= 4 is 11.8 Å². The third-order valence-corrected chi connectivity index (χ3v) is 6.13. The summed E-state index contributed by atoms with van der Waals surface area (Å²) in [7, 11) is 0. The zero-order valence-electron chi connectivity index (χ0n) is 14.3. The summed E-state index contributed by atoms with van der Waals surface area (Å²) in [5.74, 6) is 1.41. The second-order valence-corrected chi connectivity index (χ2v) is 7.75. The van der Waals surface area contributed by atoms with Gasteiger partial charge in [0.15, 0.2) is 0 Å². The van der Waals surface area contributed by atoms with E-state index in [1.54, 1.807) is 0 Å². The predicted octanol–water partition coefficient (Wildman–Crippen LogP) is 1.66. The zero-order chi connectivity index (χ0) is 16.4. The van der Waals surface area contributed by atoms with Crippen molar-refractivity contribution < 1.29 is 9.59 Å². The first kappa shape index (κ1) is 16.7. The summed E-state index contributed by atoms with van der Waals surface area (Å²) < 4.78 is 0. The van der Waals surface area contributed by atoms with E-state index in [0.29, 0.717) is 36.9 Å². The maximum atomic E-state index is 12.8. The molecule has 2 amide bonds. The predicted molar refractivity (Wildman–Crippen MR) is 89.6 cm³/mol. The van der Waals surface area contributed by atoms with Crippen LogP contribution in [0.1, 0.15) is 58.3 Å². The first-order chi connectivity index (χ1) is 11.1. The summed E-state index contributed by atoms with van der Waals surface area (Å²) in [6.07, 6.45) is 8.13. The molecule has 0 aromatic rings. The molecule has 2 saturated carbocycles. The van der Waals surface area contributed by atoms with E-state index in [1.165, 1.54) is 19.3 Å². The van der Waals surface area contributed by atoms with Crippen LogP contribution in [0.3, 0.4) is 0 Å². The van der Waals surface area contributed by atoms with Crippen molar-refractivity contribution in [3.8, 4) is 0 Å². The molecule has 130 valence electrons. The van der Waals surface area contributed by atoms with Gasteiger partial charge in [-0.15, -0.1) is 0 Å². The number of nitrogens with zero attached hydrogens (tertiary/aromatic N) is 1. The minimum absolute atomic E-state index is 0.0319. The second kappa shape index (κ2) is 7.20. The Bertz CT molecular complexity index is 440. The van der Waals surface area contributed by atoms with Crippen LogP contribution in [-0.2, 0) is 9.59 Å². The topological polar surface area (TPSA) is 75.4 Å². The number of nitrogens with two attached hydrogens (primary N) is 1. The highest BCUT2D eigenvalue weighted by atomic mass is 16.2. The number of rotatable bonds is 3. The highest BCUT2D eigenvalue weighted by Crippen LogP contribution is 2.39. The molecule has 2 bridgehead atoms. The number of carbonyl (C=O) groups is 2. The third-order valence-electron chi connectivity index (χ3n) is 6.13. The van der Waals surface area contributed by atoms with Gasteiger partial charge in [0.1, 0.15) is 0 Å². The Kier molecular flexibility index (Phi) is 5.24. The van der Waals surface area contributed by atoms with E-state index in [-0.39, 0.29) is 17.7 Å². The SMILES string of the molecule is CCC(=O)N1CCCC(C(=O)NC2C3CCCC2CC(N)C3)C1. The van der Waals surface area contributed by atoms with Crippen molar-refractivity contribution in [3.05, 3.63) is 0 Å². The molecule has 0 radical (unpaired) electrons. The van der Waals surface area contributed by atoms with Crippen LogP contribution >= 0.6 is 0 Å². The van der Waals surface area contributed by atoms with E-state index < -0.39 is 0 Å². The van der Waals surface area contributed by atoms with E-state index in [1.807, 2.05) is 11.8 Å². The Hall–Kier alpha value is -1.10. The number of hydrogen-bond acceptors (Lipinski definition) is 3. The van der Waals surface area contributed by atoms with E-state index in [9.17, 15) is 9.59 Å². The number of piperidine rings is 1. The number of amides is 2. The molecule has 3 fully saturated rings. The Balaban J connectivity index is 1.59. The molecule has 1 saturated heterocycles. The standard InChI is InChI=1S/C18H31N3O2/c1-2-16(22)21-8-4-7-14(11-21)18(23)20-17-12-5-3-6-13(17)10-15(19)9-12/h12-15,17H,2-11,19H2,1H3,(H,20,23). The van der Waals surface area contributed by atoms with Crippen LogP contribution in [0.5, 0.6) is 0 Å².